The molecule has 0 aliphatic heterocycles. The molecular weight excluding hydrogens is 516 g/mol. The minimum atomic E-state index is -4.13. The molecule has 0 radical (unpaired) electrons. The maximum atomic E-state index is 13.8. The molecule has 0 unspecified atom stereocenters. The fraction of sp³-hybridized carbons (Fsp3) is 0.233. The van der Waals surface area contributed by atoms with E-state index in [4.69, 9.17) is 14.2 Å². The SMILES string of the molecule is COc1ccc(S(=O)(=O)N(CC(=O)NCCOc2cccc3ccccc23)c2cc(C)cc(C)c2)cc1OC. The minimum absolute atomic E-state index is 0.0219. The Morgan fingerprint density at radius 1 is 0.821 bits per heavy atom. The van der Waals surface area contributed by atoms with Gasteiger partial charge in [-0.25, -0.2) is 8.42 Å². The van der Waals surface area contributed by atoms with Gasteiger partial charge in [0.1, 0.15) is 18.9 Å². The Morgan fingerprint density at radius 2 is 1.51 bits per heavy atom. The Hall–Kier alpha value is -4.24. The van der Waals surface area contributed by atoms with Crippen LogP contribution in [-0.4, -0.2) is 48.2 Å². The zero-order valence-corrected chi connectivity index (χ0v) is 23.2. The van der Waals surface area contributed by atoms with Gasteiger partial charge in [-0.1, -0.05) is 42.5 Å². The zero-order chi connectivity index (χ0) is 28.0. The van der Waals surface area contributed by atoms with Crippen molar-refractivity contribution < 1.29 is 27.4 Å². The van der Waals surface area contributed by atoms with Crippen LogP contribution >= 0.6 is 0 Å². The Morgan fingerprint density at radius 3 is 2.23 bits per heavy atom. The number of benzene rings is 4. The van der Waals surface area contributed by atoms with E-state index in [0.29, 0.717) is 11.4 Å². The zero-order valence-electron chi connectivity index (χ0n) is 22.4. The van der Waals surface area contributed by atoms with E-state index in [1.165, 1.54) is 32.4 Å². The normalized spacial score (nSPS) is 11.2. The highest BCUT2D eigenvalue weighted by molar-refractivity contribution is 7.92. The van der Waals surface area contributed by atoms with Gasteiger partial charge in [-0.3, -0.25) is 9.10 Å². The molecule has 0 aromatic heterocycles. The molecule has 204 valence electrons. The van der Waals surface area contributed by atoms with Crippen molar-refractivity contribution in [3.63, 3.8) is 0 Å². The number of amides is 1. The van der Waals surface area contributed by atoms with Crippen LogP contribution in [0.3, 0.4) is 0 Å². The van der Waals surface area contributed by atoms with Crippen molar-refractivity contribution in [2.45, 2.75) is 18.7 Å². The van der Waals surface area contributed by atoms with E-state index in [9.17, 15) is 13.2 Å². The quantitative estimate of drug-likeness (QED) is 0.269. The molecule has 8 nitrogen and oxygen atoms in total. The van der Waals surface area contributed by atoms with Crippen LogP contribution in [0.15, 0.2) is 83.8 Å². The van der Waals surface area contributed by atoms with Crippen molar-refractivity contribution in [1.29, 1.82) is 0 Å². The first-order valence-corrected chi connectivity index (χ1v) is 13.9. The van der Waals surface area contributed by atoms with Gasteiger partial charge < -0.3 is 19.5 Å². The maximum absolute atomic E-state index is 13.8. The highest BCUT2D eigenvalue weighted by atomic mass is 32.2. The van der Waals surface area contributed by atoms with Crippen molar-refractivity contribution in [2.24, 2.45) is 0 Å². The molecule has 0 bridgehead atoms. The third-order valence-electron chi connectivity index (χ3n) is 6.16. The first kappa shape index (κ1) is 27.8. The summed E-state index contributed by atoms with van der Waals surface area (Å²) in [5.74, 6) is 0.933. The van der Waals surface area contributed by atoms with Gasteiger partial charge in [0.15, 0.2) is 11.5 Å². The Balaban J connectivity index is 1.52. The predicted molar refractivity (Wildman–Crippen MR) is 152 cm³/mol. The molecule has 0 heterocycles. The molecule has 9 heteroatoms. The van der Waals surface area contributed by atoms with Crippen LogP contribution < -0.4 is 23.8 Å². The number of fused-ring (bicyclic) bond motifs is 1. The van der Waals surface area contributed by atoms with E-state index < -0.39 is 22.5 Å². The van der Waals surface area contributed by atoms with Gasteiger partial charge in [-0.2, -0.15) is 0 Å². The lowest BCUT2D eigenvalue weighted by atomic mass is 10.1. The lowest BCUT2D eigenvalue weighted by molar-refractivity contribution is -0.119. The average molecular weight is 549 g/mol. The number of sulfonamides is 1. The standard InChI is InChI=1S/C30H32N2O6S/c1-21-16-22(2)18-24(17-21)32(39(34,35)25-12-13-28(36-3)29(19-25)37-4)20-30(33)31-14-15-38-27-11-7-9-23-8-5-6-10-26(23)27/h5-13,16-19H,14-15,20H2,1-4H3,(H,31,33). The number of nitrogens with one attached hydrogen (secondary N) is 1. The van der Waals surface area contributed by atoms with Crippen LogP contribution in [0.2, 0.25) is 0 Å². The van der Waals surface area contributed by atoms with Gasteiger partial charge in [-0.05, 0) is 60.7 Å². The molecule has 0 fully saturated rings. The van der Waals surface area contributed by atoms with Crippen LogP contribution in [0, 0.1) is 13.8 Å². The van der Waals surface area contributed by atoms with E-state index in [1.54, 1.807) is 12.1 Å². The molecule has 4 aromatic rings. The summed E-state index contributed by atoms with van der Waals surface area (Å²) in [7, 11) is -1.22. The summed E-state index contributed by atoms with van der Waals surface area (Å²) in [6.45, 7) is 3.78. The van der Waals surface area contributed by atoms with Crippen molar-refractivity contribution >= 4 is 32.4 Å². The summed E-state index contributed by atoms with van der Waals surface area (Å²) in [6, 6.07) is 23.4. The summed E-state index contributed by atoms with van der Waals surface area (Å²) in [5.41, 5.74) is 2.15. The second kappa shape index (κ2) is 12.1. The van der Waals surface area contributed by atoms with Crippen molar-refractivity contribution in [3.05, 3.63) is 90.0 Å². The summed E-state index contributed by atoms with van der Waals surface area (Å²) in [4.78, 5) is 13.0. The maximum Gasteiger partial charge on any atom is 0.264 e. The number of anilines is 1. The summed E-state index contributed by atoms with van der Waals surface area (Å²) >= 11 is 0. The second-order valence-corrected chi connectivity index (χ2v) is 10.9. The molecule has 1 N–H and O–H groups in total. The van der Waals surface area contributed by atoms with E-state index in [1.807, 2.05) is 62.4 Å². The minimum Gasteiger partial charge on any atom is -0.493 e. The Labute approximate surface area is 229 Å². The number of aryl methyl sites for hydroxylation is 2. The Bertz CT molecular complexity index is 1560. The van der Waals surface area contributed by atoms with E-state index in [-0.39, 0.29) is 23.8 Å². The van der Waals surface area contributed by atoms with Crippen LogP contribution in [0.1, 0.15) is 11.1 Å². The molecule has 4 aromatic carbocycles. The van der Waals surface area contributed by atoms with Crippen molar-refractivity contribution in [2.75, 3.05) is 38.2 Å². The fourth-order valence-electron chi connectivity index (χ4n) is 4.37. The van der Waals surface area contributed by atoms with Gasteiger partial charge in [-0.15, -0.1) is 0 Å². The number of hydrogen-bond donors (Lipinski definition) is 1. The van der Waals surface area contributed by atoms with Crippen LogP contribution in [0.25, 0.3) is 10.8 Å². The molecule has 0 aliphatic rings. The molecule has 1 amide bonds. The van der Waals surface area contributed by atoms with Gasteiger partial charge in [0, 0.05) is 11.5 Å². The molecule has 0 spiro atoms. The largest absolute Gasteiger partial charge is 0.493 e. The fourth-order valence-corrected chi connectivity index (χ4v) is 5.79. The van der Waals surface area contributed by atoms with Crippen molar-refractivity contribution in [1.82, 2.24) is 5.32 Å². The number of carbonyl (C=O) groups excluding carboxylic acids is 1. The third kappa shape index (κ3) is 6.43. The monoisotopic (exact) mass is 548 g/mol. The average Bonchev–Trinajstić information content (AvgIpc) is 2.93. The topological polar surface area (TPSA) is 94.2 Å². The summed E-state index contributed by atoms with van der Waals surface area (Å²) < 4.78 is 45.2. The van der Waals surface area contributed by atoms with E-state index in [0.717, 1.165) is 32.0 Å². The smallest absolute Gasteiger partial charge is 0.264 e. The number of rotatable bonds is 11. The highest BCUT2D eigenvalue weighted by Gasteiger charge is 2.28. The van der Waals surface area contributed by atoms with E-state index in [2.05, 4.69) is 5.32 Å². The van der Waals surface area contributed by atoms with Crippen LogP contribution in [0.4, 0.5) is 5.69 Å². The molecule has 39 heavy (non-hydrogen) atoms. The Kier molecular flexibility index (Phi) is 8.61. The van der Waals surface area contributed by atoms with Gasteiger partial charge in [0.2, 0.25) is 5.91 Å². The molecule has 0 aliphatic carbocycles. The molecular formula is C30H32N2O6S. The molecule has 0 atom stereocenters. The first-order chi connectivity index (χ1) is 18.7. The van der Waals surface area contributed by atoms with Crippen LogP contribution in [0.5, 0.6) is 17.2 Å². The second-order valence-electron chi connectivity index (χ2n) is 9.05. The summed E-state index contributed by atoms with van der Waals surface area (Å²) in [5, 5.41) is 4.82. The van der Waals surface area contributed by atoms with Gasteiger partial charge >= 0.3 is 0 Å². The van der Waals surface area contributed by atoms with Crippen molar-refractivity contribution in [3.8, 4) is 17.2 Å². The molecule has 0 saturated heterocycles. The summed E-state index contributed by atoms with van der Waals surface area (Å²) in [6.07, 6.45) is 0. The van der Waals surface area contributed by atoms with Crippen LogP contribution in [-0.2, 0) is 14.8 Å². The number of ether oxygens (including phenoxy) is 3. The number of methoxy groups -OCH3 is 2. The lowest BCUT2D eigenvalue weighted by Gasteiger charge is -2.25. The van der Waals surface area contributed by atoms with Gasteiger partial charge in [0.25, 0.3) is 10.0 Å². The number of nitrogens with zero attached hydrogens (tertiary/aromatic N) is 1. The number of hydrogen-bond acceptors (Lipinski definition) is 6. The molecule has 4 rings (SSSR count). The first-order valence-electron chi connectivity index (χ1n) is 12.4. The third-order valence-corrected chi connectivity index (χ3v) is 7.93. The lowest BCUT2D eigenvalue weighted by Crippen LogP contribution is -2.42. The van der Waals surface area contributed by atoms with Gasteiger partial charge in [0.05, 0.1) is 31.3 Å². The predicted octanol–water partition coefficient (Wildman–Crippen LogP) is 4.86. The highest BCUT2D eigenvalue weighted by Crippen LogP contribution is 2.32. The molecule has 0 saturated carbocycles. The number of carbonyl (C=O) groups is 1. The van der Waals surface area contributed by atoms with E-state index >= 15 is 0 Å².